The highest BCUT2D eigenvalue weighted by molar-refractivity contribution is 6.12. The van der Waals surface area contributed by atoms with Crippen LogP contribution in [0.1, 0.15) is 132 Å². The van der Waals surface area contributed by atoms with Gasteiger partial charge in [0.1, 0.15) is 24.2 Å². The molecule has 2 heterocycles. The van der Waals surface area contributed by atoms with Crippen molar-refractivity contribution in [3.05, 3.63) is 48.0 Å². The van der Waals surface area contributed by atoms with Crippen molar-refractivity contribution in [3.8, 4) is 0 Å². The van der Waals surface area contributed by atoms with Gasteiger partial charge in [-0.05, 0) is 81.9 Å². The first-order chi connectivity index (χ1) is 43.4. The smallest absolute Gasteiger partial charge is 0.312 e. The molecule has 0 aromatic heterocycles. The molecule has 2 aliphatic heterocycles. The van der Waals surface area contributed by atoms with Gasteiger partial charge < -0.3 is 77.1 Å². The Hall–Kier alpha value is -7.07. The first-order valence-corrected chi connectivity index (χ1v) is 32.5. The number of likely N-dealkylation sites (N-methyl/N-ethyl adjacent to an activating group) is 3. The van der Waals surface area contributed by atoms with Crippen LogP contribution in [0.3, 0.4) is 0 Å². The molecule has 1 fully saturated rings. The van der Waals surface area contributed by atoms with Crippen molar-refractivity contribution in [2.24, 2.45) is 35.3 Å². The van der Waals surface area contributed by atoms with Crippen molar-refractivity contribution >= 4 is 65.1 Å². The van der Waals surface area contributed by atoms with Crippen LogP contribution < -0.4 is 43.0 Å². The average molecular weight is 1300 g/mol. The molecule has 27 heteroatoms. The van der Waals surface area contributed by atoms with E-state index in [4.69, 9.17) is 15.2 Å². The van der Waals surface area contributed by atoms with Gasteiger partial charge in [-0.2, -0.15) is 0 Å². The molecule has 0 radical (unpaired) electrons. The topological polar surface area (TPSA) is 353 Å². The van der Waals surface area contributed by atoms with Crippen LogP contribution in [0.5, 0.6) is 0 Å². The third kappa shape index (κ3) is 24.1. The summed E-state index contributed by atoms with van der Waals surface area (Å²) < 4.78 is 12.0. The van der Waals surface area contributed by atoms with Crippen LogP contribution in [-0.2, 0) is 57.4 Å². The number of amides is 12. The van der Waals surface area contributed by atoms with E-state index in [1.165, 1.54) is 48.1 Å². The zero-order chi connectivity index (χ0) is 69.1. The third-order valence-corrected chi connectivity index (χ3v) is 17.5. The van der Waals surface area contributed by atoms with Gasteiger partial charge in [0, 0.05) is 86.2 Å². The van der Waals surface area contributed by atoms with Gasteiger partial charge in [-0.3, -0.25) is 52.8 Å². The number of nitrogens with two attached hydrogens (primary N) is 1. The lowest BCUT2D eigenvalue weighted by molar-refractivity contribution is -0.148. The summed E-state index contributed by atoms with van der Waals surface area (Å²) in [6.45, 7) is 20.2. The number of ether oxygens (including phenoxy) is 2. The fourth-order valence-corrected chi connectivity index (χ4v) is 11.8. The van der Waals surface area contributed by atoms with Crippen LogP contribution >= 0.6 is 0 Å². The lowest BCUT2D eigenvalue weighted by Gasteiger charge is -2.41. The van der Waals surface area contributed by atoms with Crippen molar-refractivity contribution in [1.29, 1.82) is 0 Å². The van der Waals surface area contributed by atoms with Crippen molar-refractivity contribution in [2.75, 3.05) is 87.7 Å². The number of nitrogens with zero attached hydrogens (tertiary/aromatic N) is 5. The van der Waals surface area contributed by atoms with Crippen LogP contribution in [0.15, 0.2) is 42.5 Å². The van der Waals surface area contributed by atoms with Gasteiger partial charge in [0.2, 0.25) is 47.3 Å². The Bertz CT molecular complexity index is 2610. The normalized spacial score (nSPS) is 17.7. The van der Waals surface area contributed by atoms with E-state index in [0.29, 0.717) is 70.5 Å². The number of aliphatic hydroxyl groups excluding tert-OH is 1. The van der Waals surface area contributed by atoms with E-state index in [0.717, 1.165) is 0 Å². The summed E-state index contributed by atoms with van der Waals surface area (Å²) in [5.41, 5.74) is 5.92. The van der Waals surface area contributed by atoms with E-state index in [1.54, 1.807) is 79.5 Å². The average Bonchev–Trinajstić information content (AvgIpc) is 1.44. The number of carbonyl (C=O) groups excluding carboxylic acids is 11. The number of hydrogen-bond acceptors (Lipinski definition) is 16. The monoisotopic (exact) mass is 1300 g/mol. The Morgan fingerprint density at radius 1 is 0.717 bits per heavy atom. The van der Waals surface area contributed by atoms with Gasteiger partial charge in [-0.1, -0.05) is 99.1 Å². The highest BCUT2D eigenvalue weighted by Gasteiger charge is 2.44. The highest BCUT2D eigenvalue weighted by atomic mass is 16.5. The standard InChI is InChI=1S/C65H109N13O14/c1-16-42(8)57(48(91-14)37-52(82)77-34-21-26-47(77)59(92-15)43(9)60(85)70-44(10)58(84)45-23-18-17-19-24-45)76(13)64(89)55(40(4)5)73-63(88)56(41(6)7)75(12)53(83)38-69-61(86)46(25-20-30-68-65(66)90)71-62(87)54(39(2)3)72-49(79)29-31-67-32-36-74(11)33-22-35-78-50(80)27-28-51(78)81/h17-19,23-24,27-28,39-44,46-48,54-59,67,84H,16,20-22,25-26,29-38H2,1-15H3,(H,69,86)(H,70,85)(H,71,87)(H,72,79)(H,73,88)(H3,66,68,90)/t42-,43+,44+,46-,47-,48+,54?,55?,56-,57-,58+,59+/m0/s1. The number of aliphatic hydroxyl groups is 1. The molecule has 0 aliphatic carbocycles. The molecule has 2 unspecified atom stereocenters. The first kappa shape index (κ1) is 79.2. The number of urea groups is 1. The molecule has 2 aliphatic rings. The number of hydrogen-bond donors (Lipinski definition) is 9. The van der Waals surface area contributed by atoms with Crippen molar-refractivity contribution in [1.82, 2.24) is 61.7 Å². The second-order valence-electron chi connectivity index (χ2n) is 25.5. The molecule has 12 atom stereocenters. The summed E-state index contributed by atoms with van der Waals surface area (Å²) in [5.74, 6) is -7.04. The maximum Gasteiger partial charge on any atom is 0.312 e. The van der Waals surface area contributed by atoms with E-state index < -0.39 is 132 Å². The number of rotatable bonds is 41. The predicted octanol–water partition coefficient (Wildman–Crippen LogP) is 1.19. The number of likely N-dealkylation sites (tertiary alicyclic amines) is 1. The molecule has 92 heavy (non-hydrogen) atoms. The minimum absolute atomic E-state index is 0.00199. The van der Waals surface area contributed by atoms with Crippen LogP contribution in [0.4, 0.5) is 4.79 Å². The van der Waals surface area contributed by atoms with E-state index in [9.17, 15) is 57.8 Å². The van der Waals surface area contributed by atoms with Gasteiger partial charge >= 0.3 is 6.03 Å². The summed E-state index contributed by atoms with van der Waals surface area (Å²) in [7, 11) is 7.93. The number of carbonyl (C=O) groups is 11. The minimum atomic E-state index is -1.24. The van der Waals surface area contributed by atoms with Crippen molar-refractivity contribution in [3.63, 3.8) is 0 Å². The lowest BCUT2D eigenvalue weighted by Crippen LogP contribution is -2.61. The van der Waals surface area contributed by atoms with E-state index in [-0.39, 0.29) is 61.8 Å². The summed E-state index contributed by atoms with van der Waals surface area (Å²) in [6, 6.07) is 2.02. The molecule has 10 N–H and O–H groups in total. The Labute approximate surface area is 544 Å². The molecule has 0 saturated carbocycles. The summed E-state index contributed by atoms with van der Waals surface area (Å²) >= 11 is 0. The number of benzene rings is 1. The van der Waals surface area contributed by atoms with E-state index >= 15 is 0 Å². The van der Waals surface area contributed by atoms with Gasteiger partial charge in [-0.15, -0.1) is 0 Å². The van der Waals surface area contributed by atoms with Gasteiger partial charge in [-0.25, -0.2) is 4.79 Å². The van der Waals surface area contributed by atoms with E-state index in [2.05, 4.69) is 37.2 Å². The zero-order valence-corrected chi connectivity index (χ0v) is 57.1. The number of methoxy groups -OCH3 is 2. The fraction of sp³-hybridized carbons (Fsp3) is 0.708. The maximum absolute atomic E-state index is 14.8. The summed E-state index contributed by atoms with van der Waals surface area (Å²) in [4.78, 5) is 155. The van der Waals surface area contributed by atoms with Gasteiger partial charge in [0.05, 0.1) is 55.3 Å². The van der Waals surface area contributed by atoms with Crippen molar-refractivity contribution in [2.45, 2.75) is 181 Å². The lowest BCUT2D eigenvalue weighted by atomic mass is 9.89. The Balaban J connectivity index is 1.68. The molecule has 1 aromatic rings. The zero-order valence-electron chi connectivity index (χ0n) is 57.1. The number of primary amides is 1. The SMILES string of the molecule is CC[C@H](C)[C@@H]([C@@H](CC(=O)N1CCC[C@H]1[C@H](OC)[C@@H](C)C(=O)N[C@H](C)[C@@H](O)c1ccccc1)OC)N(C)C(=O)C(NC(=O)[C@H](C(C)C)N(C)C(=O)CNC(=O)[C@H](CCCNC(N)=O)NC(=O)C(NC(=O)CCNCCN(C)CCCN1C(=O)C=CC1=O)C(C)C)C(C)C. The Kier molecular flexibility index (Phi) is 34.0. The molecule has 1 aromatic carbocycles. The number of imide groups is 1. The van der Waals surface area contributed by atoms with Gasteiger partial charge in [0.15, 0.2) is 0 Å². The van der Waals surface area contributed by atoms with Crippen molar-refractivity contribution < 1.29 is 67.3 Å². The third-order valence-electron chi connectivity index (χ3n) is 17.5. The molecule has 27 nitrogen and oxygen atoms in total. The van der Waals surface area contributed by atoms with E-state index in [1.807, 2.05) is 44.0 Å². The molecular weight excluding hydrogens is 1190 g/mol. The molecule has 0 spiro atoms. The number of nitrogens with one attached hydrogen (secondary N) is 7. The van der Waals surface area contributed by atoms with Crippen LogP contribution in [0, 0.1) is 29.6 Å². The molecule has 518 valence electrons. The largest absolute Gasteiger partial charge is 0.386 e. The van der Waals surface area contributed by atoms with Crippen LogP contribution in [0.25, 0.3) is 0 Å². The highest BCUT2D eigenvalue weighted by Crippen LogP contribution is 2.30. The second kappa shape index (κ2) is 39.5. The Morgan fingerprint density at radius 3 is 1.93 bits per heavy atom. The van der Waals surface area contributed by atoms with Crippen LogP contribution in [0.2, 0.25) is 0 Å². The quantitative estimate of drug-likeness (QED) is 0.0328. The first-order valence-electron chi connectivity index (χ1n) is 32.5. The second-order valence-corrected chi connectivity index (χ2v) is 25.5. The molecule has 12 amide bonds. The fourth-order valence-electron chi connectivity index (χ4n) is 11.8. The molecule has 3 rings (SSSR count). The Morgan fingerprint density at radius 2 is 1.36 bits per heavy atom. The summed E-state index contributed by atoms with van der Waals surface area (Å²) in [6.07, 6.45) is 2.66. The molecule has 0 bridgehead atoms. The maximum atomic E-state index is 14.8. The minimum Gasteiger partial charge on any atom is -0.386 e. The predicted molar refractivity (Wildman–Crippen MR) is 347 cm³/mol. The summed E-state index contributed by atoms with van der Waals surface area (Å²) in [5, 5.41) is 30.5. The van der Waals surface area contributed by atoms with Crippen LogP contribution in [-0.4, -0.2) is 237 Å². The molecular formula is C65H109N13O14. The van der Waals surface area contributed by atoms with Gasteiger partial charge in [0.25, 0.3) is 11.8 Å². The molecule has 1 saturated heterocycles.